The highest BCUT2D eigenvalue weighted by molar-refractivity contribution is 6.30. The summed E-state index contributed by atoms with van der Waals surface area (Å²) in [6, 6.07) is 0.0381. The molecule has 2 N–H and O–H groups in total. The van der Waals surface area contributed by atoms with Crippen molar-refractivity contribution < 1.29 is 4.79 Å². The van der Waals surface area contributed by atoms with Gasteiger partial charge >= 0.3 is 0 Å². The number of hydrogen-bond acceptors (Lipinski definition) is 4. The van der Waals surface area contributed by atoms with E-state index in [9.17, 15) is 4.79 Å². The molecule has 0 spiro atoms. The van der Waals surface area contributed by atoms with Crippen molar-refractivity contribution in [1.29, 1.82) is 0 Å². The van der Waals surface area contributed by atoms with E-state index in [-0.39, 0.29) is 11.9 Å². The minimum atomic E-state index is -0.327. The lowest BCUT2D eigenvalue weighted by molar-refractivity contribution is -0.121. The Balaban J connectivity index is 1.73. The number of carbonyl (C=O) groups is 1. The summed E-state index contributed by atoms with van der Waals surface area (Å²) in [5.41, 5.74) is 0.794. The lowest BCUT2D eigenvalue weighted by atomic mass is 10.2. The van der Waals surface area contributed by atoms with Crippen molar-refractivity contribution in [1.82, 2.24) is 15.3 Å². The molecule has 5 nitrogen and oxygen atoms in total. The second kappa shape index (κ2) is 5.20. The van der Waals surface area contributed by atoms with E-state index in [1.165, 1.54) is 0 Å². The van der Waals surface area contributed by atoms with Crippen LogP contribution in [-0.4, -0.2) is 28.0 Å². The van der Waals surface area contributed by atoms with Crippen LogP contribution in [0.2, 0.25) is 5.15 Å². The van der Waals surface area contributed by atoms with Crippen LogP contribution in [0.15, 0.2) is 0 Å². The predicted octanol–water partition coefficient (Wildman–Crippen LogP) is 2.39. The average molecular weight is 295 g/mol. The molecule has 1 aromatic heterocycles. The zero-order valence-corrected chi connectivity index (χ0v) is 12.5. The van der Waals surface area contributed by atoms with Crippen LogP contribution in [0.25, 0.3) is 0 Å². The first kappa shape index (κ1) is 13.6. The van der Waals surface area contributed by atoms with Gasteiger partial charge in [0.15, 0.2) is 0 Å². The molecule has 108 valence electrons. The Morgan fingerprint density at radius 2 is 2.00 bits per heavy atom. The molecule has 20 heavy (non-hydrogen) atoms. The third-order valence-electron chi connectivity index (χ3n) is 3.72. The molecular formula is C14H19ClN4O. The molecule has 1 amide bonds. The fraction of sp³-hybridized carbons (Fsp3) is 0.643. The van der Waals surface area contributed by atoms with Crippen LogP contribution in [0.4, 0.5) is 5.82 Å². The largest absolute Gasteiger partial charge is 0.358 e. The van der Waals surface area contributed by atoms with Gasteiger partial charge in [0.2, 0.25) is 5.91 Å². The molecule has 2 saturated carbocycles. The van der Waals surface area contributed by atoms with Crippen molar-refractivity contribution in [2.45, 2.75) is 57.5 Å². The maximum atomic E-state index is 12.0. The van der Waals surface area contributed by atoms with E-state index in [0.717, 1.165) is 37.1 Å². The molecule has 0 saturated heterocycles. The lowest BCUT2D eigenvalue weighted by Crippen LogP contribution is -2.39. The van der Waals surface area contributed by atoms with Crippen molar-refractivity contribution in [2.24, 2.45) is 0 Å². The summed E-state index contributed by atoms with van der Waals surface area (Å²) < 4.78 is 0. The van der Waals surface area contributed by atoms with Crippen molar-refractivity contribution in [3.05, 3.63) is 16.5 Å². The Hall–Kier alpha value is -1.36. The number of amides is 1. The zero-order valence-electron chi connectivity index (χ0n) is 11.7. The number of nitrogens with zero attached hydrogens (tertiary/aromatic N) is 2. The molecule has 0 bridgehead atoms. The van der Waals surface area contributed by atoms with Gasteiger partial charge < -0.3 is 10.6 Å². The Bertz CT molecular complexity index is 540. The number of carbonyl (C=O) groups excluding carboxylic acids is 1. The normalized spacial score (nSPS) is 19.6. The van der Waals surface area contributed by atoms with Gasteiger partial charge in [-0.05, 0) is 39.5 Å². The van der Waals surface area contributed by atoms with E-state index in [1.54, 1.807) is 0 Å². The van der Waals surface area contributed by atoms with Gasteiger partial charge in [-0.1, -0.05) is 11.6 Å². The molecule has 1 aromatic rings. The van der Waals surface area contributed by atoms with E-state index in [2.05, 4.69) is 20.6 Å². The highest BCUT2D eigenvalue weighted by atomic mass is 35.5. The number of anilines is 1. The fourth-order valence-electron chi connectivity index (χ4n) is 1.99. The van der Waals surface area contributed by atoms with Gasteiger partial charge in [0, 0.05) is 17.5 Å². The van der Waals surface area contributed by atoms with Crippen molar-refractivity contribution in [3.63, 3.8) is 0 Å². The maximum Gasteiger partial charge on any atom is 0.242 e. The standard InChI is InChI=1S/C14H19ClN4O/c1-7-11(15)18-13(9-3-4-9)19-12(7)16-8(2)14(20)17-10-5-6-10/h8-10H,3-6H2,1-2H3,(H,17,20)(H,16,18,19). The topological polar surface area (TPSA) is 66.9 Å². The van der Waals surface area contributed by atoms with Crippen LogP contribution in [0, 0.1) is 6.92 Å². The quantitative estimate of drug-likeness (QED) is 0.818. The van der Waals surface area contributed by atoms with Crippen molar-refractivity contribution >= 4 is 23.3 Å². The minimum absolute atomic E-state index is 0.00890. The number of aromatic nitrogens is 2. The molecule has 0 radical (unpaired) electrons. The van der Waals surface area contributed by atoms with Gasteiger partial charge in [-0.25, -0.2) is 9.97 Å². The predicted molar refractivity (Wildman–Crippen MR) is 78.0 cm³/mol. The van der Waals surface area contributed by atoms with Gasteiger partial charge in [0.1, 0.15) is 22.8 Å². The molecular weight excluding hydrogens is 276 g/mol. The molecule has 2 aliphatic carbocycles. The van der Waals surface area contributed by atoms with Gasteiger partial charge in [0.25, 0.3) is 0 Å². The summed E-state index contributed by atoms with van der Waals surface area (Å²) in [6.07, 6.45) is 4.42. The van der Waals surface area contributed by atoms with Crippen LogP contribution in [0.5, 0.6) is 0 Å². The van der Waals surface area contributed by atoms with E-state index in [1.807, 2.05) is 13.8 Å². The minimum Gasteiger partial charge on any atom is -0.358 e. The SMILES string of the molecule is Cc1c(Cl)nc(C2CC2)nc1NC(C)C(=O)NC1CC1. The Morgan fingerprint density at radius 1 is 1.30 bits per heavy atom. The first-order valence-corrected chi connectivity index (χ1v) is 7.53. The van der Waals surface area contributed by atoms with Crippen LogP contribution in [0.1, 0.15) is 49.9 Å². The smallest absolute Gasteiger partial charge is 0.242 e. The summed E-state index contributed by atoms with van der Waals surface area (Å²) in [5, 5.41) is 6.61. The van der Waals surface area contributed by atoms with Crippen LogP contribution >= 0.6 is 11.6 Å². The van der Waals surface area contributed by atoms with Gasteiger partial charge in [0.05, 0.1) is 0 Å². The monoisotopic (exact) mass is 294 g/mol. The van der Waals surface area contributed by atoms with Gasteiger partial charge in [-0.3, -0.25) is 4.79 Å². The molecule has 6 heteroatoms. The van der Waals surface area contributed by atoms with Gasteiger partial charge in [-0.2, -0.15) is 0 Å². The first-order chi connectivity index (χ1) is 9.54. The van der Waals surface area contributed by atoms with E-state index in [4.69, 9.17) is 11.6 Å². The van der Waals surface area contributed by atoms with Crippen molar-refractivity contribution in [2.75, 3.05) is 5.32 Å². The Labute approximate surface area is 123 Å². The second-order valence-electron chi connectivity index (χ2n) is 5.77. The molecule has 3 rings (SSSR count). The lowest BCUT2D eigenvalue weighted by Gasteiger charge is -2.17. The highest BCUT2D eigenvalue weighted by Crippen LogP contribution is 2.39. The third kappa shape index (κ3) is 3.03. The molecule has 2 aliphatic rings. The zero-order chi connectivity index (χ0) is 14.3. The first-order valence-electron chi connectivity index (χ1n) is 7.15. The van der Waals surface area contributed by atoms with E-state index < -0.39 is 0 Å². The van der Waals surface area contributed by atoms with Crippen LogP contribution in [0.3, 0.4) is 0 Å². The summed E-state index contributed by atoms with van der Waals surface area (Å²) >= 11 is 6.16. The molecule has 1 atom stereocenters. The summed E-state index contributed by atoms with van der Waals surface area (Å²) in [4.78, 5) is 20.8. The Kier molecular flexibility index (Phi) is 3.54. The third-order valence-corrected chi connectivity index (χ3v) is 4.08. The van der Waals surface area contributed by atoms with E-state index in [0.29, 0.717) is 22.9 Å². The molecule has 0 aliphatic heterocycles. The number of rotatable bonds is 5. The molecule has 0 aromatic carbocycles. The second-order valence-corrected chi connectivity index (χ2v) is 6.13. The molecule has 1 heterocycles. The average Bonchev–Trinajstić information content (AvgIpc) is 3.25. The number of hydrogen-bond donors (Lipinski definition) is 2. The van der Waals surface area contributed by atoms with Crippen molar-refractivity contribution in [3.8, 4) is 0 Å². The number of halogens is 1. The van der Waals surface area contributed by atoms with Crippen LogP contribution in [-0.2, 0) is 4.79 Å². The summed E-state index contributed by atoms with van der Waals surface area (Å²) in [5.74, 6) is 1.90. The Morgan fingerprint density at radius 3 is 2.60 bits per heavy atom. The fourth-order valence-corrected chi connectivity index (χ4v) is 2.17. The molecule has 1 unspecified atom stereocenters. The maximum absolute atomic E-state index is 12.0. The van der Waals surface area contributed by atoms with Crippen LogP contribution < -0.4 is 10.6 Å². The molecule has 2 fully saturated rings. The van der Waals surface area contributed by atoms with E-state index >= 15 is 0 Å². The summed E-state index contributed by atoms with van der Waals surface area (Å²) in [6.45, 7) is 3.71. The van der Waals surface area contributed by atoms with Gasteiger partial charge in [-0.15, -0.1) is 0 Å². The summed E-state index contributed by atoms with van der Waals surface area (Å²) in [7, 11) is 0. The highest BCUT2D eigenvalue weighted by Gasteiger charge is 2.29. The number of nitrogens with one attached hydrogen (secondary N) is 2.